The monoisotopic (exact) mass is 629 g/mol. The van der Waals surface area contributed by atoms with Gasteiger partial charge in [0.2, 0.25) is 12.4 Å². The number of nitrogens with zero attached hydrogens (tertiary/aromatic N) is 1. The number of Topliss-reactive ketones (excluding diaryl/α,β-unsaturated/α-hetero) is 2. The molecule has 45 heavy (non-hydrogen) atoms. The van der Waals surface area contributed by atoms with E-state index in [4.69, 9.17) is 28.4 Å². The number of esters is 2. The molecule has 2 aromatic carbocycles. The predicted molar refractivity (Wildman–Crippen MR) is 154 cm³/mol. The van der Waals surface area contributed by atoms with Gasteiger partial charge < -0.3 is 28.4 Å². The van der Waals surface area contributed by atoms with E-state index in [0.29, 0.717) is 17.5 Å². The highest BCUT2D eigenvalue weighted by molar-refractivity contribution is 5.82. The van der Waals surface area contributed by atoms with Crippen molar-refractivity contribution in [3.05, 3.63) is 63.7 Å². The van der Waals surface area contributed by atoms with Crippen molar-refractivity contribution in [1.29, 1.82) is 0 Å². The van der Waals surface area contributed by atoms with Crippen molar-refractivity contribution in [2.24, 2.45) is 5.92 Å². The minimum Gasteiger partial charge on any atom is -0.460 e. The first-order valence-electron chi connectivity index (χ1n) is 14.2. The zero-order valence-electron chi connectivity index (χ0n) is 25.5. The fourth-order valence-corrected chi connectivity index (χ4v) is 4.80. The Hall–Kier alpha value is -4.85. The Morgan fingerprint density at radius 2 is 1.58 bits per heavy atom. The molecule has 0 bridgehead atoms. The molecule has 1 heterocycles. The molecule has 0 unspecified atom stereocenters. The molecule has 1 fully saturated rings. The Kier molecular flexibility index (Phi) is 12.1. The maximum absolute atomic E-state index is 12.7. The molecule has 0 amide bonds. The number of rotatable bonds is 13. The van der Waals surface area contributed by atoms with Gasteiger partial charge in [-0.2, -0.15) is 0 Å². The summed E-state index contributed by atoms with van der Waals surface area (Å²) in [6, 6.07) is 9.50. The van der Waals surface area contributed by atoms with E-state index < -0.39 is 53.5 Å². The van der Waals surface area contributed by atoms with Gasteiger partial charge in [-0.15, -0.1) is 0 Å². The topological polar surface area (TPSA) is 184 Å². The minimum absolute atomic E-state index is 0.0419. The van der Waals surface area contributed by atoms with Crippen LogP contribution in [0.15, 0.2) is 42.5 Å². The SMILES string of the molecule is CCCC(=O)Cc1cc(COC(=O)Oc2ccc([N+](=O)[O-])cc2)ccc1O[C@@H]1O[C@H](C(C)=O)[C@@H](C)[C@H](OC(C)=O)[C@H]1OC(C)=O. The van der Waals surface area contributed by atoms with Gasteiger partial charge in [0, 0.05) is 50.3 Å². The zero-order chi connectivity index (χ0) is 33.3. The van der Waals surface area contributed by atoms with Gasteiger partial charge in [0.25, 0.3) is 5.69 Å². The van der Waals surface area contributed by atoms with Gasteiger partial charge in [0.1, 0.15) is 30.0 Å². The van der Waals surface area contributed by atoms with Gasteiger partial charge in [-0.3, -0.25) is 29.3 Å². The Morgan fingerprint density at radius 1 is 0.933 bits per heavy atom. The molecule has 1 saturated heterocycles. The molecule has 1 aliphatic rings. The Morgan fingerprint density at radius 3 is 2.16 bits per heavy atom. The molecule has 242 valence electrons. The first kappa shape index (κ1) is 34.6. The standard InChI is InChI=1S/C31H35NO13/c1-6-7-24(36)15-22-14-21(16-40-31(37)43-25-11-9-23(10-12-25)32(38)39)8-13-26(22)44-30-29(42-20(5)35)28(41-19(4)34)17(2)27(45-30)18(3)33/h8-14,17,27-30H,6-7,15-16H2,1-5H3/t17-,27+,28+,29-,30-/m1/s1. The second-order valence-electron chi connectivity index (χ2n) is 10.5. The molecular weight excluding hydrogens is 594 g/mol. The number of ether oxygens (including phenoxy) is 6. The number of non-ortho nitro benzene ring substituents is 1. The lowest BCUT2D eigenvalue weighted by Crippen LogP contribution is -2.59. The molecule has 14 heteroatoms. The summed E-state index contributed by atoms with van der Waals surface area (Å²) in [7, 11) is 0. The van der Waals surface area contributed by atoms with E-state index in [1.807, 2.05) is 6.92 Å². The summed E-state index contributed by atoms with van der Waals surface area (Å²) < 4.78 is 33.2. The molecule has 0 radical (unpaired) electrons. The Balaban J connectivity index is 1.85. The molecule has 14 nitrogen and oxygen atoms in total. The van der Waals surface area contributed by atoms with Crippen molar-refractivity contribution in [3.63, 3.8) is 0 Å². The maximum Gasteiger partial charge on any atom is 0.514 e. The van der Waals surface area contributed by atoms with E-state index in [1.165, 1.54) is 51.1 Å². The Bertz CT molecular complexity index is 1420. The predicted octanol–water partition coefficient (Wildman–Crippen LogP) is 4.41. The number of carbonyl (C=O) groups is 5. The van der Waals surface area contributed by atoms with E-state index in [1.54, 1.807) is 19.1 Å². The van der Waals surface area contributed by atoms with Crippen LogP contribution >= 0.6 is 0 Å². The molecule has 0 aromatic heterocycles. The van der Waals surface area contributed by atoms with E-state index in [0.717, 1.165) is 0 Å². The average molecular weight is 630 g/mol. The quantitative estimate of drug-likeness (QED) is 0.0998. The van der Waals surface area contributed by atoms with Crippen LogP contribution in [0.1, 0.15) is 58.6 Å². The number of benzene rings is 2. The van der Waals surface area contributed by atoms with Crippen LogP contribution in [0.3, 0.4) is 0 Å². The summed E-state index contributed by atoms with van der Waals surface area (Å²) >= 11 is 0. The lowest BCUT2D eigenvalue weighted by molar-refractivity contribution is -0.384. The van der Waals surface area contributed by atoms with Crippen molar-refractivity contribution < 1.29 is 57.3 Å². The summed E-state index contributed by atoms with van der Waals surface area (Å²) in [5.74, 6) is -2.29. The van der Waals surface area contributed by atoms with E-state index in [2.05, 4.69) is 0 Å². The van der Waals surface area contributed by atoms with E-state index >= 15 is 0 Å². The molecular formula is C31H35NO13. The van der Waals surface area contributed by atoms with E-state index in [-0.39, 0.29) is 48.2 Å². The summed E-state index contributed by atoms with van der Waals surface area (Å²) in [5.41, 5.74) is 0.691. The van der Waals surface area contributed by atoms with Gasteiger partial charge in [-0.25, -0.2) is 4.79 Å². The van der Waals surface area contributed by atoms with Crippen LogP contribution in [0.25, 0.3) is 0 Å². The first-order valence-corrected chi connectivity index (χ1v) is 14.2. The zero-order valence-corrected chi connectivity index (χ0v) is 25.5. The number of hydrogen-bond donors (Lipinski definition) is 0. The number of carbonyl (C=O) groups excluding carboxylic acids is 5. The second-order valence-corrected chi connectivity index (χ2v) is 10.5. The van der Waals surface area contributed by atoms with Crippen LogP contribution < -0.4 is 9.47 Å². The van der Waals surface area contributed by atoms with Crippen LogP contribution in [-0.2, 0) is 51.2 Å². The number of nitro benzene ring substituents is 1. The van der Waals surface area contributed by atoms with Crippen LogP contribution in [0.5, 0.6) is 11.5 Å². The molecule has 5 atom stereocenters. The molecule has 0 aliphatic carbocycles. The smallest absolute Gasteiger partial charge is 0.460 e. The lowest BCUT2D eigenvalue weighted by atomic mass is 9.88. The third-order valence-electron chi connectivity index (χ3n) is 6.76. The van der Waals surface area contributed by atoms with Crippen molar-refractivity contribution in [2.45, 2.75) is 85.1 Å². The second kappa shape index (κ2) is 15.7. The fourth-order valence-electron chi connectivity index (χ4n) is 4.80. The molecule has 0 saturated carbocycles. The van der Waals surface area contributed by atoms with Crippen molar-refractivity contribution >= 4 is 35.3 Å². The highest BCUT2D eigenvalue weighted by Crippen LogP contribution is 2.34. The minimum atomic E-state index is -1.39. The summed E-state index contributed by atoms with van der Waals surface area (Å²) in [4.78, 5) is 71.5. The molecule has 0 N–H and O–H groups in total. The van der Waals surface area contributed by atoms with Gasteiger partial charge in [0.05, 0.1) is 4.92 Å². The average Bonchev–Trinajstić information content (AvgIpc) is 2.96. The van der Waals surface area contributed by atoms with Gasteiger partial charge in [0.15, 0.2) is 11.9 Å². The van der Waals surface area contributed by atoms with Crippen LogP contribution in [0, 0.1) is 16.0 Å². The highest BCUT2D eigenvalue weighted by atomic mass is 16.7. The summed E-state index contributed by atoms with van der Waals surface area (Å²) in [6.45, 7) is 6.89. The van der Waals surface area contributed by atoms with E-state index in [9.17, 15) is 34.1 Å². The fraction of sp³-hybridized carbons (Fsp3) is 0.452. The largest absolute Gasteiger partial charge is 0.514 e. The van der Waals surface area contributed by atoms with Gasteiger partial charge in [-0.1, -0.05) is 19.9 Å². The molecule has 0 spiro atoms. The molecule has 1 aliphatic heterocycles. The van der Waals surface area contributed by atoms with Crippen molar-refractivity contribution in [1.82, 2.24) is 0 Å². The van der Waals surface area contributed by atoms with Crippen LogP contribution in [0.4, 0.5) is 10.5 Å². The normalized spacial score (nSPS) is 20.8. The third-order valence-corrected chi connectivity index (χ3v) is 6.76. The van der Waals surface area contributed by atoms with Gasteiger partial charge in [-0.05, 0) is 43.2 Å². The molecule has 3 rings (SSSR count). The lowest BCUT2D eigenvalue weighted by Gasteiger charge is -2.43. The van der Waals surface area contributed by atoms with Crippen LogP contribution in [0.2, 0.25) is 0 Å². The third kappa shape index (κ3) is 9.83. The van der Waals surface area contributed by atoms with Crippen LogP contribution in [-0.4, -0.2) is 59.2 Å². The molecule has 2 aromatic rings. The van der Waals surface area contributed by atoms with Gasteiger partial charge >= 0.3 is 18.1 Å². The number of nitro groups is 1. The Labute approximate surface area is 259 Å². The highest BCUT2D eigenvalue weighted by Gasteiger charge is 2.50. The number of hydrogen-bond acceptors (Lipinski definition) is 13. The first-order chi connectivity index (χ1) is 21.3. The van der Waals surface area contributed by atoms with Crippen molar-refractivity contribution in [3.8, 4) is 11.5 Å². The summed E-state index contributed by atoms with van der Waals surface area (Å²) in [6.07, 6.45) is -4.98. The summed E-state index contributed by atoms with van der Waals surface area (Å²) in [5, 5.41) is 10.8. The van der Waals surface area contributed by atoms with Crippen molar-refractivity contribution in [2.75, 3.05) is 0 Å². The maximum atomic E-state index is 12.7. The number of ketones is 2.